The van der Waals surface area contributed by atoms with Crippen LogP contribution in [0, 0.1) is 5.41 Å². The first-order valence-corrected chi connectivity index (χ1v) is 6.52. The first-order chi connectivity index (χ1) is 8.11. The maximum atomic E-state index is 3.32. The molecule has 17 heavy (non-hydrogen) atoms. The summed E-state index contributed by atoms with van der Waals surface area (Å²) in [4.78, 5) is 2.35. The monoisotopic (exact) mass is 234 g/mol. The molecule has 1 atom stereocenters. The Morgan fingerprint density at radius 1 is 1.24 bits per heavy atom. The normalized spacial score (nSPS) is 14.4. The molecule has 1 aromatic carbocycles. The van der Waals surface area contributed by atoms with Crippen LogP contribution in [0.15, 0.2) is 30.3 Å². The van der Waals surface area contributed by atoms with Crippen molar-refractivity contribution < 1.29 is 0 Å². The average Bonchev–Trinajstić information content (AvgIpc) is 2.30. The van der Waals surface area contributed by atoms with Crippen LogP contribution in [0.3, 0.4) is 0 Å². The Morgan fingerprint density at radius 2 is 1.88 bits per heavy atom. The average molecular weight is 234 g/mol. The molecule has 2 nitrogen and oxygen atoms in total. The summed E-state index contributed by atoms with van der Waals surface area (Å²) in [6.07, 6.45) is 2.49. The second-order valence-corrected chi connectivity index (χ2v) is 5.28. The first kappa shape index (κ1) is 14.0. The topological polar surface area (TPSA) is 15.3 Å². The SMILES string of the molecule is CCCC(C)(CNC)CN(C)c1ccccc1. The molecule has 1 aromatic rings. The number of rotatable bonds is 7. The van der Waals surface area contributed by atoms with E-state index in [2.05, 4.69) is 61.4 Å². The number of hydrogen-bond donors (Lipinski definition) is 1. The standard InChI is InChI=1S/C15H26N2/c1-5-11-15(2,12-16-3)13-17(4)14-9-7-6-8-10-14/h6-10,16H,5,11-13H2,1-4H3. The quantitative estimate of drug-likeness (QED) is 0.779. The zero-order valence-electron chi connectivity index (χ0n) is 11.7. The van der Waals surface area contributed by atoms with Gasteiger partial charge in [-0.25, -0.2) is 0 Å². The van der Waals surface area contributed by atoms with Gasteiger partial charge in [0.25, 0.3) is 0 Å². The van der Waals surface area contributed by atoms with Gasteiger partial charge in [-0.15, -0.1) is 0 Å². The molecule has 0 radical (unpaired) electrons. The van der Waals surface area contributed by atoms with Crippen molar-refractivity contribution in [1.29, 1.82) is 0 Å². The molecular weight excluding hydrogens is 208 g/mol. The molecule has 1 rings (SSSR count). The lowest BCUT2D eigenvalue weighted by atomic mass is 9.85. The van der Waals surface area contributed by atoms with Crippen LogP contribution in [-0.2, 0) is 0 Å². The smallest absolute Gasteiger partial charge is 0.0363 e. The van der Waals surface area contributed by atoms with Crippen molar-refractivity contribution in [1.82, 2.24) is 5.32 Å². The van der Waals surface area contributed by atoms with Gasteiger partial charge < -0.3 is 10.2 Å². The van der Waals surface area contributed by atoms with Gasteiger partial charge in [0.15, 0.2) is 0 Å². The molecular formula is C15H26N2. The number of para-hydroxylation sites is 1. The summed E-state index contributed by atoms with van der Waals surface area (Å²) in [5.74, 6) is 0. The van der Waals surface area contributed by atoms with E-state index in [1.807, 2.05) is 7.05 Å². The van der Waals surface area contributed by atoms with E-state index in [1.54, 1.807) is 0 Å². The minimum absolute atomic E-state index is 0.341. The predicted octanol–water partition coefficient (Wildman–Crippen LogP) is 3.15. The van der Waals surface area contributed by atoms with E-state index in [9.17, 15) is 0 Å². The maximum Gasteiger partial charge on any atom is 0.0363 e. The third kappa shape index (κ3) is 4.39. The highest BCUT2D eigenvalue weighted by Gasteiger charge is 2.24. The molecule has 0 spiro atoms. The molecule has 0 aliphatic rings. The number of nitrogens with one attached hydrogen (secondary N) is 1. The summed E-state index contributed by atoms with van der Waals surface area (Å²) in [7, 11) is 4.22. The fraction of sp³-hybridized carbons (Fsp3) is 0.600. The van der Waals surface area contributed by atoms with Crippen LogP contribution in [0.25, 0.3) is 0 Å². The molecule has 2 heteroatoms. The first-order valence-electron chi connectivity index (χ1n) is 6.52. The van der Waals surface area contributed by atoms with E-state index in [-0.39, 0.29) is 0 Å². The molecule has 0 aliphatic carbocycles. The summed E-state index contributed by atoms with van der Waals surface area (Å²) >= 11 is 0. The predicted molar refractivity (Wildman–Crippen MR) is 76.7 cm³/mol. The summed E-state index contributed by atoms with van der Waals surface area (Å²) in [5.41, 5.74) is 1.64. The zero-order valence-corrected chi connectivity index (χ0v) is 11.7. The van der Waals surface area contributed by atoms with E-state index in [0.29, 0.717) is 5.41 Å². The number of hydrogen-bond acceptors (Lipinski definition) is 2. The van der Waals surface area contributed by atoms with Crippen molar-refractivity contribution in [2.45, 2.75) is 26.7 Å². The van der Waals surface area contributed by atoms with E-state index in [0.717, 1.165) is 13.1 Å². The van der Waals surface area contributed by atoms with Crippen LogP contribution in [0.4, 0.5) is 5.69 Å². The van der Waals surface area contributed by atoms with Gasteiger partial charge in [0.1, 0.15) is 0 Å². The van der Waals surface area contributed by atoms with Crippen molar-refractivity contribution in [3.63, 3.8) is 0 Å². The van der Waals surface area contributed by atoms with Crippen LogP contribution in [0.1, 0.15) is 26.7 Å². The van der Waals surface area contributed by atoms with Crippen LogP contribution < -0.4 is 10.2 Å². The molecule has 1 N–H and O–H groups in total. The van der Waals surface area contributed by atoms with E-state index in [1.165, 1.54) is 18.5 Å². The minimum Gasteiger partial charge on any atom is -0.374 e. The van der Waals surface area contributed by atoms with E-state index in [4.69, 9.17) is 0 Å². The van der Waals surface area contributed by atoms with Gasteiger partial charge in [-0.05, 0) is 31.0 Å². The second-order valence-electron chi connectivity index (χ2n) is 5.28. The van der Waals surface area contributed by atoms with Gasteiger partial charge >= 0.3 is 0 Å². The van der Waals surface area contributed by atoms with Crippen LogP contribution in [0.5, 0.6) is 0 Å². The third-order valence-corrected chi connectivity index (χ3v) is 3.27. The Balaban J connectivity index is 2.67. The van der Waals surface area contributed by atoms with Gasteiger partial charge in [-0.1, -0.05) is 38.5 Å². The molecule has 0 aliphatic heterocycles. The Hall–Kier alpha value is -1.02. The molecule has 1 unspecified atom stereocenters. The molecule has 0 fully saturated rings. The molecule has 0 aromatic heterocycles. The van der Waals surface area contributed by atoms with Gasteiger partial charge in [0.05, 0.1) is 0 Å². The van der Waals surface area contributed by atoms with E-state index >= 15 is 0 Å². The Morgan fingerprint density at radius 3 is 2.41 bits per heavy atom. The molecule has 0 heterocycles. The minimum atomic E-state index is 0.341. The number of benzene rings is 1. The Labute approximate surface area is 106 Å². The third-order valence-electron chi connectivity index (χ3n) is 3.27. The van der Waals surface area contributed by atoms with Crippen molar-refractivity contribution in [2.75, 3.05) is 32.1 Å². The van der Waals surface area contributed by atoms with Gasteiger partial charge in [-0.2, -0.15) is 0 Å². The fourth-order valence-electron chi connectivity index (χ4n) is 2.60. The summed E-state index contributed by atoms with van der Waals surface area (Å²) in [6.45, 7) is 6.78. The highest BCUT2D eigenvalue weighted by Crippen LogP contribution is 2.25. The summed E-state index contributed by atoms with van der Waals surface area (Å²) in [6, 6.07) is 10.6. The highest BCUT2D eigenvalue weighted by molar-refractivity contribution is 5.45. The van der Waals surface area contributed by atoms with Gasteiger partial charge in [0.2, 0.25) is 0 Å². The molecule has 0 saturated heterocycles. The van der Waals surface area contributed by atoms with Crippen molar-refractivity contribution in [2.24, 2.45) is 5.41 Å². The second kappa shape index (κ2) is 6.65. The van der Waals surface area contributed by atoms with Crippen LogP contribution >= 0.6 is 0 Å². The van der Waals surface area contributed by atoms with Crippen molar-refractivity contribution in [3.8, 4) is 0 Å². The summed E-state index contributed by atoms with van der Waals surface area (Å²) in [5, 5.41) is 3.32. The zero-order chi connectivity index (χ0) is 12.7. The van der Waals surface area contributed by atoms with Crippen LogP contribution in [0.2, 0.25) is 0 Å². The summed E-state index contributed by atoms with van der Waals surface area (Å²) < 4.78 is 0. The molecule has 0 saturated carbocycles. The Kier molecular flexibility index (Phi) is 5.49. The van der Waals surface area contributed by atoms with Gasteiger partial charge in [0, 0.05) is 25.8 Å². The molecule has 0 amide bonds. The highest BCUT2D eigenvalue weighted by atomic mass is 15.1. The fourth-order valence-corrected chi connectivity index (χ4v) is 2.60. The lowest BCUT2D eigenvalue weighted by Gasteiger charge is -2.34. The lowest BCUT2D eigenvalue weighted by molar-refractivity contribution is 0.292. The van der Waals surface area contributed by atoms with Gasteiger partial charge in [-0.3, -0.25) is 0 Å². The molecule has 0 bridgehead atoms. The largest absolute Gasteiger partial charge is 0.374 e. The van der Waals surface area contributed by atoms with Crippen molar-refractivity contribution >= 4 is 5.69 Å². The number of nitrogens with zero attached hydrogens (tertiary/aromatic N) is 1. The van der Waals surface area contributed by atoms with Crippen molar-refractivity contribution in [3.05, 3.63) is 30.3 Å². The maximum absolute atomic E-state index is 3.32. The molecule has 96 valence electrons. The lowest BCUT2D eigenvalue weighted by Crippen LogP contribution is -2.40. The Bertz CT molecular complexity index is 302. The number of anilines is 1. The van der Waals surface area contributed by atoms with E-state index < -0.39 is 0 Å². The van der Waals surface area contributed by atoms with Crippen LogP contribution in [-0.4, -0.2) is 27.2 Å².